The van der Waals surface area contributed by atoms with Crippen LogP contribution in [0.15, 0.2) is 0 Å². The van der Waals surface area contributed by atoms with Crippen molar-refractivity contribution in [2.45, 2.75) is 20.8 Å². The van der Waals surface area contributed by atoms with Crippen LogP contribution in [-0.4, -0.2) is 0 Å². The fourth-order valence-corrected chi connectivity index (χ4v) is 0. The Bertz CT molecular complexity index is 23.6. The zero-order valence-electron chi connectivity index (χ0n) is 5.12. The molecule has 0 aliphatic rings. The van der Waals surface area contributed by atoms with Crippen LogP contribution in [0.2, 0.25) is 0 Å². The van der Waals surface area contributed by atoms with Gasteiger partial charge in [0.15, 0.2) is 0 Å². The van der Waals surface area contributed by atoms with Crippen molar-refractivity contribution in [2.75, 3.05) is 0 Å². The quantitative estimate of drug-likeness (QED) is 0.524. The Labute approximate surface area is 71.6 Å². The Hall–Kier alpha value is 1.17. The summed E-state index contributed by atoms with van der Waals surface area (Å²) in [6.45, 7) is 10.0. The summed E-state index contributed by atoms with van der Waals surface area (Å²) in [5.41, 5.74) is 0.250. The fraction of sp³-hybridized carbons (Fsp3) is 0.800. The summed E-state index contributed by atoms with van der Waals surface area (Å²) < 4.78 is 0. The first-order chi connectivity index (χ1) is 2.00. The first kappa shape index (κ1) is 15.7. The summed E-state index contributed by atoms with van der Waals surface area (Å²) in [5.74, 6) is 0. The molecular weight excluding hydrogens is 187 g/mol. The molecule has 0 spiro atoms. The third kappa shape index (κ3) is 139. The first-order valence-corrected chi connectivity index (χ1v) is 1.85. The Morgan fingerprint density at radius 3 is 1.14 bits per heavy atom. The normalized spacial score (nSPS) is 8.57. The van der Waals surface area contributed by atoms with Crippen molar-refractivity contribution < 1.29 is 26.2 Å². The van der Waals surface area contributed by atoms with Gasteiger partial charge in [-0.05, 0) is 0 Å². The number of hydrogen-bond acceptors (Lipinski definition) is 0. The average Bonchev–Trinajstić information content (AvgIpc) is 0.722. The molecule has 0 aliphatic carbocycles. The molecule has 0 atom stereocenters. The van der Waals surface area contributed by atoms with Crippen LogP contribution in [0.25, 0.3) is 0 Å². The molecule has 0 saturated heterocycles. The van der Waals surface area contributed by atoms with Gasteiger partial charge in [0.1, 0.15) is 0 Å². The Morgan fingerprint density at radius 2 is 1.14 bits per heavy atom. The van der Waals surface area contributed by atoms with Gasteiger partial charge < -0.3 is 6.92 Å². The number of rotatable bonds is 0. The summed E-state index contributed by atoms with van der Waals surface area (Å²) in [5, 5.41) is 0. The van der Waals surface area contributed by atoms with E-state index in [1.165, 1.54) is 0 Å². The van der Waals surface area contributed by atoms with E-state index in [0.29, 0.717) is 0 Å². The SMILES string of the molecule is Cl.[CH2-]C(C)(C)C.[Zr]. The molecule has 0 aromatic carbocycles. The molecule has 0 aromatic heterocycles. The molecular formula is C5H12ClZr-. The van der Waals surface area contributed by atoms with Crippen LogP contribution < -0.4 is 0 Å². The van der Waals surface area contributed by atoms with E-state index in [1.54, 1.807) is 0 Å². The van der Waals surface area contributed by atoms with E-state index < -0.39 is 0 Å². The molecule has 0 saturated carbocycles. The van der Waals surface area contributed by atoms with Gasteiger partial charge in [-0.3, -0.25) is 0 Å². The summed E-state index contributed by atoms with van der Waals surface area (Å²) in [4.78, 5) is 0. The van der Waals surface area contributed by atoms with Gasteiger partial charge >= 0.3 is 0 Å². The predicted molar refractivity (Wildman–Crippen MR) is 32.1 cm³/mol. The van der Waals surface area contributed by atoms with Gasteiger partial charge in [0.2, 0.25) is 0 Å². The molecule has 0 aromatic rings. The maximum Gasteiger partial charge on any atom is 0 e. The van der Waals surface area contributed by atoms with Gasteiger partial charge in [0, 0.05) is 26.2 Å². The average molecular weight is 199 g/mol. The van der Waals surface area contributed by atoms with E-state index in [2.05, 4.69) is 27.7 Å². The van der Waals surface area contributed by atoms with Gasteiger partial charge in [0.05, 0.1) is 0 Å². The van der Waals surface area contributed by atoms with E-state index in [4.69, 9.17) is 0 Å². The Morgan fingerprint density at radius 1 is 1.14 bits per heavy atom. The zero-order chi connectivity index (χ0) is 4.50. The summed E-state index contributed by atoms with van der Waals surface area (Å²) in [6, 6.07) is 0. The molecule has 7 heavy (non-hydrogen) atoms. The standard InChI is InChI=1S/C5H11.ClH.Zr/c1-5(2,3)4;;/h1H2,2-4H3;1H;/q-1;;. The fourth-order valence-electron chi connectivity index (χ4n) is 0. The Balaban J connectivity index is -0.0000000800. The van der Waals surface area contributed by atoms with Crippen LogP contribution in [0.4, 0.5) is 0 Å². The maximum atomic E-state index is 3.77. The van der Waals surface area contributed by atoms with Crippen LogP contribution in [0.1, 0.15) is 20.8 Å². The smallest absolute Gasteiger partial charge is 0 e. The summed E-state index contributed by atoms with van der Waals surface area (Å²) in [7, 11) is 0. The van der Waals surface area contributed by atoms with Crippen molar-refractivity contribution >= 4 is 12.4 Å². The molecule has 2 heteroatoms. The number of hydrogen-bond donors (Lipinski definition) is 0. The van der Waals surface area contributed by atoms with Crippen molar-refractivity contribution in [1.29, 1.82) is 0 Å². The monoisotopic (exact) mass is 197 g/mol. The minimum Gasteiger partial charge on any atom is -0.338 e. The van der Waals surface area contributed by atoms with E-state index in [9.17, 15) is 0 Å². The minimum absolute atomic E-state index is 0. The molecule has 0 amide bonds. The minimum atomic E-state index is 0. The second-order valence-electron chi connectivity index (χ2n) is 2.56. The van der Waals surface area contributed by atoms with E-state index in [-0.39, 0.29) is 44.0 Å². The largest absolute Gasteiger partial charge is 0.338 e. The third-order valence-electron chi connectivity index (χ3n) is 0. The van der Waals surface area contributed by atoms with Crippen molar-refractivity contribution in [1.82, 2.24) is 0 Å². The van der Waals surface area contributed by atoms with Gasteiger partial charge in [-0.15, -0.1) is 12.4 Å². The van der Waals surface area contributed by atoms with Gasteiger partial charge in [0.25, 0.3) is 0 Å². The second kappa shape index (κ2) is 5.31. The van der Waals surface area contributed by atoms with Crippen molar-refractivity contribution in [2.24, 2.45) is 5.41 Å². The third-order valence-corrected chi connectivity index (χ3v) is 0. The van der Waals surface area contributed by atoms with Gasteiger partial charge in [-0.2, -0.15) is 5.41 Å². The first-order valence-electron chi connectivity index (χ1n) is 1.85. The van der Waals surface area contributed by atoms with Crippen LogP contribution in [0, 0.1) is 12.3 Å². The van der Waals surface area contributed by atoms with Crippen LogP contribution >= 0.6 is 12.4 Å². The van der Waals surface area contributed by atoms with Gasteiger partial charge in [-0.1, -0.05) is 20.8 Å². The summed E-state index contributed by atoms with van der Waals surface area (Å²) in [6.07, 6.45) is 0. The molecule has 0 aliphatic heterocycles. The second-order valence-corrected chi connectivity index (χ2v) is 2.56. The molecule has 0 bridgehead atoms. The molecule has 0 nitrogen and oxygen atoms in total. The van der Waals surface area contributed by atoms with Crippen molar-refractivity contribution in [3.05, 3.63) is 6.92 Å². The Kier molecular flexibility index (Phi) is 11.9. The molecule has 44 valence electrons. The van der Waals surface area contributed by atoms with Crippen molar-refractivity contribution in [3.63, 3.8) is 0 Å². The molecule has 0 heterocycles. The van der Waals surface area contributed by atoms with Crippen molar-refractivity contribution in [3.8, 4) is 0 Å². The molecule has 0 radical (unpaired) electrons. The molecule has 0 unspecified atom stereocenters. The van der Waals surface area contributed by atoms with E-state index in [1.807, 2.05) is 0 Å². The molecule has 0 N–H and O–H groups in total. The summed E-state index contributed by atoms with van der Waals surface area (Å²) >= 11 is 0. The maximum absolute atomic E-state index is 3.77. The van der Waals surface area contributed by atoms with Crippen LogP contribution in [0.5, 0.6) is 0 Å². The van der Waals surface area contributed by atoms with E-state index >= 15 is 0 Å². The number of halogens is 1. The van der Waals surface area contributed by atoms with Crippen LogP contribution in [-0.2, 0) is 26.2 Å². The molecule has 0 rings (SSSR count). The topological polar surface area (TPSA) is 0 Å². The van der Waals surface area contributed by atoms with Gasteiger partial charge in [-0.25, -0.2) is 0 Å². The predicted octanol–water partition coefficient (Wildman–Crippen LogP) is 2.29. The molecule has 0 fully saturated rings. The van der Waals surface area contributed by atoms with E-state index in [0.717, 1.165) is 0 Å². The van der Waals surface area contributed by atoms with Crippen LogP contribution in [0.3, 0.4) is 0 Å². The zero-order valence-corrected chi connectivity index (χ0v) is 8.39.